The van der Waals surface area contributed by atoms with Crippen LogP contribution in [-0.4, -0.2) is 27.4 Å². The molecule has 0 saturated carbocycles. The Kier molecular flexibility index (Phi) is 4.81. The monoisotopic (exact) mass is 285 g/mol. The highest BCUT2D eigenvalue weighted by Crippen LogP contribution is 2.16. The third kappa shape index (κ3) is 4.24. The molecule has 0 atom stereocenters. The highest BCUT2D eigenvalue weighted by atomic mass is 16.1. The van der Waals surface area contributed by atoms with Crippen LogP contribution in [0.3, 0.4) is 0 Å². The Bertz CT molecular complexity index is 600. The number of amides is 1. The Hall–Kier alpha value is -2.50. The first-order valence-electron chi connectivity index (χ1n) is 6.83. The van der Waals surface area contributed by atoms with Crippen molar-refractivity contribution < 1.29 is 4.79 Å². The van der Waals surface area contributed by atoms with Crippen LogP contribution in [0.2, 0.25) is 0 Å². The van der Waals surface area contributed by atoms with E-state index in [1.54, 1.807) is 24.7 Å². The molecular weight excluding hydrogens is 266 g/mol. The maximum absolute atomic E-state index is 11.2. The zero-order chi connectivity index (χ0) is 15.2. The van der Waals surface area contributed by atoms with Gasteiger partial charge in [-0.2, -0.15) is 0 Å². The van der Waals surface area contributed by atoms with E-state index >= 15 is 0 Å². The number of hydrogen-bond donors (Lipinski definition) is 1. The van der Waals surface area contributed by atoms with Gasteiger partial charge in [-0.3, -0.25) is 9.78 Å². The molecule has 6 nitrogen and oxygen atoms in total. The Morgan fingerprint density at radius 2 is 1.95 bits per heavy atom. The number of primary amides is 1. The van der Waals surface area contributed by atoms with Crippen molar-refractivity contribution in [2.24, 2.45) is 11.7 Å². The van der Waals surface area contributed by atoms with Gasteiger partial charge in [0.15, 0.2) is 0 Å². The number of pyridine rings is 1. The zero-order valence-electron chi connectivity index (χ0n) is 12.2. The molecule has 0 aliphatic heterocycles. The van der Waals surface area contributed by atoms with Gasteiger partial charge in [0, 0.05) is 31.7 Å². The first-order valence-corrected chi connectivity index (χ1v) is 6.83. The zero-order valence-corrected chi connectivity index (χ0v) is 12.2. The Morgan fingerprint density at radius 1 is 1.24 bits per heavy atom. The lowest BCUT2D eigenvalue weighted by Gasteiger charge is -2.25. The summed E-state index contributed by atoms with van der Waals surface area (Å²) in [6.07, 6.45) is 5.08. The van der Waals surface area contributed by atoms with Gasteiger partial charge in [0.25, 0.3) is 5.91 Å². The lowest BCUT2D eigenvalue weighted by molar-refractivity contribution is 0.0990. The molecule has 2 aromatic heterocycles. The summed E-state index contributed by atoms with van der Waals surface area (Å²) >= 11 is 0. The minimum atomic E-state index is -0.620. The average molecular weight is 285 g/mol. The van der Waals surface area contributed by atoms with Crippen molar-refractivity contribution in [3.05, 3.63) is 48.2 Å². The van der Waals surface area contributed by atoms with Crippen LogP contribution in [0.1, 0.15) is 30.0 Å². The lowest BCUT2D eigenvalue weighted by atomic mass is 10.2. The second-order valence-electron chi connectivity index (χ2n) is 5.23. The topological polar surface area (TPSA) is 85.0 Å². The molecule has 0 radical (unpaired) electrons. The fraction of sp³-hybridized carbons (Fsp3) is 0.333. The van der Waals surface area contributed by atoms with Crippen molar-refractivity contribution in [2.75, 3.05) is 11.4 Å². The lowest BCUT2D eigenvalue weighted by Crippen LogP contribution is -2.29. The fourth-order valence-corrected chi connectivity index (χ4v) is 2.03. The second kappa shape index (κ2) is 6.78. The Balaban J connectivity index is 2.27. The molecule has 1 amide bonds. The number of carbonyl (C=O) groups is 1. The van der Waals surface area contributed by atoms with Crippen molar-refractivity contribution in [1.82, 2.24) is 15.0 Å². The molecule has 21 heavy (non-hydrogen) atoms. The molecule has 2 N–H and O–H groups in total. The van der Waals surface area contributed by atoms with E-state index in [0.29, 0.717) is 18.3 Å². The van der Waals surface area contributed by atoms with Crippen LogP contribution in [0, 0.1) is 5.92 Å². The molecule has 0 fully saturated rings. The number of nitrogens with two attached hydrogens (primary N) is 1. The van der Waals surface area contributed by atoms with Crippen LogP contribution in [0.4, 0.5) is 5.82 Å². The minimum absolute atomic E-state index is 0.0379. The summed E-state index contributed by atoms with van der Waals surface area (Å²) in [7, 11) is 0. The molecule has 2 aromatic rings. The molecule has 2 rings (SSSR count). The molecule has 0 spiro atoms. The van der Waals surface area contributed by atoms with Crippen molar-refractivity contribution >= 4 is 11.7 Å². The molecule has 0 saturated heterocycles. The SMILES string of the molecule is CC(C)CN(Cc1ccncc1)c1ccnc(C(N)=O)n1. The van der Waals surface area contributed by atoms with Crippen LogP contribution in [0.15, 0.2) is 36.8 Å². The summed E-state index contributed by atoms with van der Waals surface area (Å²) in [6, 6.07) is 5.71. The molecule has 110 valence electrons. The van der Waals surface area contributed by atoms with Gasteiger partial charge in [0.05, 0.1) is 0 Å². The highest BCUT2D eigenvalue weighted by molar-refractivity contribution is 5.89. The van der Waals surface area contributed by atoms with Gasteiger partial charge in [-0.25, -0.2) is 9.97 Å². The summed E-state index contributed by atoms with van der Waals surface area (Å²) in [5.74, 6) is 0.574. The summed E-state index contributed by atoms with van der Waals surface area (Å²) < 4.78 is 0. The van der Waals surface area contributed by atoms with Crippen LogP contribution in [0.25, 0.3) is 0 Å². The van der Waals surface area contributed by atoms with E-state index in [4.69, 9.17) is 5.73 Å². The Labute approximate surface area is 124 Å². The van der Waals surface area contributed by atoms with Crippen LogP contribution >= 0.6 is 0 Å². The number of nitrogens with zero attached hydrogens (tertiary/aromatic N) is 4. The largest absolute Gasteiger partial charge is 0.363 e. The number of aromatic nitrogens is 3. The fourth-order valence-electron chi connectivity index (χ4n) is 2.03. The first-order chi connectivity index (χ1) is 10.1. The number of carbonyl (C=O) groups excluding carboxylic acids is 1. The van der Waals surface area contributed by atoms with Crippen molar-refractivity contribution in [2.45, 2.75) is 20.4 Å². The maximum atomic E-state index is 11.2. The summed E-state index contributed by atoms with van der Waals surface area (Å²) in [5.41, 5.74) is 6.38. The summed E-state index contributed by atoms with van der Waals surface area (Å²) in [6.45, 7) is 5.78. The van der Waals surface area contributed by atoms with Crippen molar-refractivity contribution in [3.63, 3.8) is 0 Å². The van der Waals surface area contributed by atoms with E-state index in [2.05, 4.69) is 33.7 Å². The molecule has 0 aliphatic rings. The van der Waals surface area contributed by atoms with Crippen LogP contribution < -0.4 is 10.6 Å². The number of hydrogen-bond acceptors (Lipinski definition) is 5. The number of anilines is 1. The molecular formula is C15H19N5O. The highest BCUT2D eigenvalue weighted by Gasteiger charge is 2.13. The summed E-state index contributed by atoms with van der Waals surface area (Å²) in [4.78, 5) is 25.5. The van der Waals surface area contributed by atoms with E-state index in [1.807, 2.05) is 12.1 Å². The third-order valence-corrected chi connectivity index (χ3v) is 2.89. The quantitative estimate of drug-likeness (QED) is 0.872. The van der Waals surface area contributed by atoms with Crippen molar-refractivity contribution in [3.8, 4) is 0 Å². The van der Waals surface area contributed by atoms with Crippen LogP contribution in [-0.2, 0) is 6.54 Å². The van der Waals surface area contributed by atoms with Gasteiger partial charge >= 0.3 is 0 Å². The summed E-state index contributed by atoms with van der Waals surface area (Å²) in [5, 5.41) is 0. The number of rotatable bonds is 6. The molecule has 0 unspecified atom stereocenters. The maximum Gasteiger partial charge on any atom is 0.286 e. The average Bonchev–Trinajstić information content (AvgIpc) is 2.47. The van der Waals surface area contributed by atoms with E-state index in [9.17, 15) is 4.79 Å². The van der Waals surface area contributed by atoms with Gasteiger partial charge in [-0.15, -0.1) is 0 Å². The predicted octanol–water partition coefficient (Wildman–Crippen LogP) is 1.63. The van der Waals surface area contributed by atoms with Gasteiger partial charge in [-0.1, -0.05) is 13.8 Å². The second-order valence-corrected chi connectivity index (χ2v) is 5.23. The Morgan fingerprint density at radius 3 is 2.57 bits per heavy atom. The molecule has 0 aromatic carbocycles. The third-order valence-electron chi connectivity index (χ3n) is 2.89. The van der Waals surface area contributed by atoms with Crippen LogP contribution in [0.5, 0.6) is 0 Å². The molecule has 0 aliphatic carbocycles. The minimum Gasteiger partial charge on any atom is -0.363 e. The van der Waals surface area contributed by atoms with E-state index in [-0.39, 0.29) is 5.82 Å². The van der Waals surface area contributed by atoms with E-state index < -0.39 is 5.91 Å². The van der Waals surface area contributed by atoms with Gasteiger partial charge in [0.2, 0.25) is 5.82 Å². The normalized spacial score (nSPS) is 10.6. The van der Waals surface area contributed by atoms with E-state index in [1.165, 1.54) is 0 Å². The smallest absolute Gasteiger partial charge is 0.286 e. The van der Waals surface area contributed by atoms with Gasteiger partial charge in [-0.05, 0) is 29.7 Å². The molecule has 2 heterocycles. The first kappa shape index (κ1) is 14.9. The molecule has 0 bridgehead atoms. The van der Waals surface area contributed by atoms with Gasteiger partial charge < -0.3 is 10.6 Å². The van der Waals surface area contributed by atoms with E-state index in [0.717, 1.165) is 12.1 Å². The van der Waals surface area contributed by atoms with Crippen molar-refractivity contribution in [1.29, 1.82) is 0 Å². The standard InChI is InChI=1S/C15H19N5O/c1-11(2)9-20(10-12-3-6-17-7-4-12)13-5-8-18-15(19-13)14(16)21/h3-8,11H,9-10H2,1-2H3,(H2,16,21). The molecule has 6 heteroatoms. The predicted molar refractivity (Wildman–Crippen MR) is 80.7 cm³/mol. The van der Waals surface area contributed by atoms with Gasteiger partial charge in [0.1, 0.15) is 5.82 Å².